The molecule has 0 unspecified atom stereocenters. The number of morpholine rings is 1. The molecule has 34 heavy (non-hydrogen) atoms. The van der Waals surface area contributed by atoms with E-state index >= 15 is 0 Å². The summed E-state index contributed by atoms with van der Waals surface area (Å²) in [6.45, 7) is 9.64. The number of anilines is 1. The van der Waals surface area contributed by atoms with Crippen LogP contribution in [-0.4, -0.2) is 72.2 Å². The molecule has 1 N–H and O–H groups in total. The number of carbonyl (C=O) groups is 1. The van der Waals surface area contributed by atoms with E-state index in [0.29, 0.717) is 12.1 Å². The Hall–Kier alpha value is -2.70. The molecule has 2 fully saturated rings. The van der Waals surface area contributed by atoms with Gasteiger partial charge >= 0.3 is 0 Å². The number of likely N-dealkylation sites (tertiary alicyclic amines) is 1. The number of ether oxygens (including phenoxy) is 1. The summed E-state index contributed by atoms with van der Waals surface area (Å²) in [5, 5.41) is 3.61. The molecule has 0 atom stereocenters. The first-order valence-electron chi connectivity index (χ1n) is 12.3. The van der Waals surface area contributed by atoms with E-state index in [9.17, 15) is 4.79 Å². The Morgan fingerprint density at radius 1 is 1.09 bits per heavy atom. The van der Waals surface area contributed by atoms with Gasteiger partial charge in [0.25, 0.3) is 5.91 Å². The van der Waals surface area contributed by atoms with Crippen LogP contribution in [0.3, 0.4) is 0 Å². The molecule has 0 spiro atoms. The summed E-state index contributed by atoms with van der Waals surface area (Å²) in [7, 11) is 0. The molecule has 3 heterocycles. The Morgan fingerprint density at radius 2 is 1.79 bits per heavy atom. The highest BCUT2D eigenvalue weighted by Crippen LogP contribution is 2.36. The maximum absolute atomic E-state index is 13.2. The van der Waals surface area contributed by atoms with Crippen molar-refractivity contribution in [2.45, 2.75) is 52.6 Å². The fourth-order valence-electron chi connectivity index (χ4n) is 5.21. The second-order valence-corrected chi connectivity index (χ2v) is 9.56. The zero-order valence-corrected chi connectivity index (χ0v) is 19.7. The van der Waals surface area contributed by atoms with E-state index in [1.807, 2.05) is 23.2 Å². The summed E-state index contributed by atoms with van der Waals surface area (Å²) in [6.07, 6.45) is 9.26. The molecular formula is C28H38N4O2. The number of pyridine rings is 1. The molecule has 1 amide bonds. The highest BCUT2D eigenvalue weighted by atomic mass is 16.5. The number of fused-ring (bicyclic) bond motifs is 1. The first-order valence-corrected chi connectivity index (χ1v) is 12.3. The topological polar surface area (TPSA) is 57.7 Å². The van der Waals surface area contributed by atoms with Crippen LogP contribution in [0.4, 0.5) is 5.69 Å². The van der Waals surface area contributed by atoms with Crippen LogP contribution in [0.1, 0.15) is 55.7 Å². The van der Waals surface area contributed by atoms with Gasteiger partial charge in [0.05, 0.1) is 24.6 Å². The van der Waals surface area contributed by atoms with Crippen LogP contribution in [-0.2, 0) is 11.2 Å². The molecule has 6 nitrogen and oxygen atoms in total. The second-order valence-electron chi connectivity index (χ2n) is 9.56. The zero-order chi connectivity index (χ0) is 22.8. The van der Waals surface area contributed by atoms with Crippen LogP contribution in [0.5, 0.6) is 0 Å². The minimum absolute atomic E-state index is 0. The van der Waals surface area contributed by atoms with Gasteiger partial charge in [0, 0.05) is 67.6 Å². The predicted molar refractivity (Wildman–Crippen MR) is 139 cm³/mol. The number of amides is 1. The van der Waals surface area contributed by atoms with Crippen LogP contribution in [0, 0.1) is 0 Å². The van der Waals surface area contributed by atoms with Crippen LogP contribution in [0.25, 0.3) is 17.2 Å². The van der Waals surface area contributed by atoms with E-state index in [2.05, 4.69) is 48.3 Å². The standard InChI is InChI=1S/C27H34N4O2.CH4/c1-19(2)29-26-23-4-3-5-25(23)28-18-24(26)20-6-8-21(9-7-20)27(32)31-12-10-22(11-13-31)30-14-16-33-17-15-30;/h3-4,6-9,18-19,22H,5,10-17H2,1-2H3,(H,28,29);1H4. The maximum Gasteiger partial charge on any atom is 0.253 e. The fourth-order valence-corrected chi connectivity index (χ4v) is 5.21. The largest absolute Gasteiger partial charge is 0.382 e. The summed E-state index contributed by atoms with van der Waals surface area (Å²) in [5.74, 6) is 0.137. The SMILES string of the molecule is C.CC(C)Nc1c(-c2ccc(C(=O)N3CCC(N4CCOCC4)CC3)cc2)cnc2c1C=CC2. The number of piperidine rings is 1. The van der Waals surface area contributed by atoms with Gasteiger partial charge in [-0.15, -0.1) is 0 Å². The van der Waals surface area contributed by atoms with Crippen molar-refractivity contribution in [1.29, 1.82) is 0 Å². The molecule has 2 saturated heterocycles. The molecule has 182 valence electrons. The van der Waals surface area contributed by atoms with Crippen LogP contribution >= 0.6 is 0 Å². The molecule has 0 radical (unpaired) electrons. The van der Waals surface area contributed by atoms with E-state index < -0.39 is 0 Å². The molecule has 6 heteroatoms. The van der Waals surface area contributed by atoms with Crippen molar-refractivity contribution in [3.05, 3.63) is 53.4 Å². The van der Waals surface area contributed by atoms with Crippen molar-refractivity contribution in [1.82, 2.24) is 14.8 Å². The summed E-state index contributed by atoms with van der Waals surface area (Å²) in [5.41, 5.74) is 6.36. The van der Waals surface area contributed by atoms with E-state index in [4.69, 9.17) is 9.72 Å². The second kappa shape index (κ2) is 10.7. The molecule has 1 aromatic carbocycles. The average molecular weight is 463 g/mol. The smallest absolute Gasteiger partial charge is 0.253 e. The van der Waals surface area contributed by atoms with Crippen molar-refractivity contribution in [2.24, 2.45) is 0 Å². The lowest BCUT2D eigenvalue weighted by atomic mass is 9.99. The Kier molecular flexibility index (Phi) is 7.69. The Bertz CT molecular complexity index is 1020. The molecule has 1 aromatic heterocycles. The Balaban J connectivity index is 0.00000274. The summed E-state index contributed by atoms with van der Waals surface area (Å²) < 4.78 is 5.48. The van der Waals surface area contributed by atoms with Crippen molar-refractivity contribution in [3.8, 4) is 11.1 Å². The minimum Gasteiger partial charge on any atom is -0.382 e. The number of benzene rings is 1. The minimum atomic E-state index is 0. The van der Waals surface area contributed by atoms with Gasteiger partial charge in [0.1, 0.15) is 0 Å². The maximum atomic E-state index is 13.2. The number of aromatic nitrogens is 1. The lowest BCUT2D eigenvalue weighted by Gasteiger charge is -2.40. The summed E-state index contributed by atoms with van der Waals surface area (Å²) >= 11 is 0. The van der Waals surface area contributed by atoms with Crippen molar-refractivity contribution < 1.29 is 9.53 Å². The molecule has 3 aliphatic rings. The zero-order valence-electron chi connectivity index (χ0n) is 19.7. The van der Waals surface area contributed by atoms with Gasteiger partial charge < -0.3 is 15.0 Å². The van der Waals surface area contributed by atoms with Crippen molar-refractivity contribution in [3.63, 3.8) is 0 Å². The normalized spacial score (nSPS) is 18.6. The molecule has 2 aliphatic heterocycles. The summed E-state index contributed by atoms with van der Waals surface area (Å²) in [6, 6.07) is 8.95. The first kappa shape index (κ1) is 24.4. The van der Waals surface area contributed by atoms with Gasteiger partial charge in [-0.25, -0.2) is 0 Å². The van der Waals surface area contributed by atoms with E-state index in [1.54, 1.807) is 0 Å². The fraction of sp³-hybridized carbons (Fsp3) is 0.500. The summed E-state index contributed by atoms with van der Waals surface area (Å²) in [4.78, 5) is 22.4. The number of nitrogens with one attached hydrogen (secondary N) is 1. The number of allylic oxidation sites excluding steroid dienone is 1. The van der Waals surface area contributed by atoms with E-state index in [-0.39, 0.29) is 13.3 Å². The van der Waals surface area contributed by atoms with Crippen molar-refractivity contribution in [2.75, 3.05) is 44.7 Å². The lowest BCUT2D eigenvalue weighted by molar-refractivity contribution is 0.00159. The van der Waals surface area contributed by atoms with Crippen molar-refractivity contribution >= 4 is 17.7 Å². The molecule has 1 aliphatic carbocycles. The highest BCUT2D eigenvalue weighted by Gasteiger charge is 2.28. The van der Waals surface area contributed by atoms with Gasteiger partial charge in [-0.3, -0.25) is 14.7 Å². The number of hydrogen-bond acceptors (Lipinski definition) is 5. The Labute approximate surface area is 204 Å². The number of carbonyl (C=O) groups excluding carboxylic acids is 1. The van der Waals surface area contributed by atoms with Gasteiger partial charge in [-0.05, 0) is 44.4 Å². The van der Waals surface area contributed by atoms with Gasteiger partial charge in [0.2, 0.25) is 0 Å². The van der Waals surface area contributed by atoms with Crippen LogP contribution in [0.15, 0.2) is 36.5 Å². The van der Waals surface area contributed by atoms with E-state index in [1.165, 1.54) is 5.56 Å². The lowest BCUT2D eigenvalue weighted by Crippen LogP contribution is -2.50. The third kappa shape index (κ3) is 5.03. The quantitative estimate of drug-likeness (QED) is 0.697. The van der Waals surface area contributed by atoms with Crippen LogP contribution in [0.2, 0.25) is 0 Å². The number of nitrogens with zero attached hydrogens (tertiary/aromatic N) is 3. The number of rotatable bonds is 5. The molecule has 0 saturated carbocycles. The average Bonchev–Trinajstić information content (AvgIpc) is 3.34. The third-order valence-electron chi connectivity index (χ3n) is 6.98. The number of hydrogen-bond donors (Lipinski definition) is 1. The van der Waals surface area contributed by atoms with Gasteiger partial charge in [0.15, 0.2) is 0 Å². The molecule has 0 bridgehead atoms. The monoisotopic (exact) mass is 462 g/mol. The van der Waals surface area contributed by atoms with Crippen LogP contribution < -0.4 is 5.32 Å². The van der Waals surface area contributed by atoms with E-state index in [0.717, 1.165) is 86.7 Å². The first-order chi connectivity index (χ1) is 16.1. The Morgan fingerprint density at radius 3 is 2.47 bits per heavy atom. The highest BCUT2D eigenvalue weighted by molar-refractivity contribution is 5.95. The van der Waals surface area contributed by atoms with Gasteiger partial charge in [-0.2, -0.15) is 0 Å². The van der Waals surface area contributed by atoms with Gasteiger partial charge in [-0.1, -0.05) is 31.7 Å². The molecule has 5 rings (SSSR count). The third-order valence-corrected chi connectivity index (χ3v) is 6.98. The predicted octanol–water partition coefficient (Wildman–Crippen LogP) is 4.71. The molecule has 2 aromatic rings. The molecular weight excluding hydrogens is 424 g/mol.